The molecule has 1 unspecified atom stereocenters. The highest BCUT2D eigenvalue weighted by atomic mass is 32.1. The molecule has 0 spiro atoms. The van der Waals surface area contributed by atoms with Crippen LogP contribution in [-0.4, -0.2) is 18.1 Å². The van der Waals surface area contributed by atoms with E-state index >= 15 is 0 Å². The molecule has 98 valence electrons. The van der Waals surface area contributed by atoms with Gasteiger partial charge >= 0.3 is 5.97 Å². The highest BCUT2D eigenvalue weighted by Crippen LogP contribution is 2.39. The van der Waals surface area contributed by atoms with E-state index in [2.05, 4.69) is 12.1 Å². The number of hydrogen-bond donors (Lipinski definition) is 0. The third kappa shape index (κ3) is 2.28. The second-order valence-electron chi connectivity index (χ2n) is 4.66. The van der Waals surface area contributed by atoms with Crippen LogP contribution < -0.4 is 0 Å². The van der Waals surface area contributed by atoms with Gasteiger partial charge in [0.25, 0.3) is 0 Å². The SMILES string of the molecule is COC(=O)C1CCCc2nc(-c3ccccc3)sc21. The molecule has 1 aromatic heterocycles. The third-order valence-corrected chi connectivity index (χ3v) is 4.72. The molecule has 0 saturated heterocycles. The van der Waals surface area contributed by atoms with Crippen molar-refractivity contribution in [1.82, 2.24) is 4.98 Å². The fourth-order valence-electron chi connectivity index (χ4n) is 2.49. The molecule has 1 aliphatic rings. The number of nitrogens with zero attached hydrogens (tertiary/aromatic N) is 1. The molecule has 0 bridgehead atoms. The van der Waals surface area contributed by atoms with Crippen molar-refractivity contribution in [2.75, 3.05) is 7.11 Å². The van der Waals surface area contributed by atoms with Crippen LogP contribution in [0.25, 0.3) is 10.6 Å². The summed E-state index contributed by atoms with van der Waals surface area (Å²) in [6.07, 6.45) is 2.84. The highest BCUT2D eigenvalue weighted by Gasteiger charge is 2.30. The quantitative estimate of drug-likeness (QED) is 0.787. The maximum absolute atomic E-state index is 11.8. The third-order valence-electron chi connectivity index (χ3n) is 3.46. The van der Waals surface area contributed by atoms with Crippen molar-refractivity contribution in [3.05, 3.63) is 40.9 Å². The number of aromatic nitrogens is 1. The lowest BCUT2D eigenvalue weighted by Gasteiger charge is -2.18. The second-order valence-corrected chi connectivity index (χ2v) is 5.69. The number of aryl methyl sites for hydroxylation is 1. The van der Waals surface area contributed by atoms with E-state index in [1.165, 1.54) is 7.11 Å². The minimum atomic E-state index is -0.135. The summed E-state index contributed by atoms with van der Waals surface area (Å²) >= 11 is 1.63. The average Bonchev–Trinajstić information content (AvgIpc) is 2.91. The summed E-state index contributed by atoms with van der Waals surface area (Å²) < 4.78 is 4.90. The largest absolute Gasteiger partial charge is 0.469 e. The van der Waals surface area contributed by atoms with Gasteiger partial charge in [-0.25, -0.2) is 4.98 Å². The summed E-state index contributed by atoms with van der Waals surface area (Å²) in [5.41, 5.74) is 2.19. The first-order valence-corrected chi connectivity index (χ1v) is 7.24. The predicted octanol–water partition coefficient (Wildman–Crippen LogP) is 3.40. The maximum atomic E-state index is 11.8. The second kappa shape index (κ2) is 5.13. The molecule has 0 radical (unpaired) electrons. The van der Waals surface area contributed by atoms with Gasteiger partial charge in [0, 0.05) is 10.4 Å². The van der Waals surface area contributed by atoms with E-state index in [1.54, 1.807) is 11.3 Å². The Labute approximate surface area is 116 Å². The Balaban J connectivity index is 2.00. The molecule has 19 heavy (non-hydrogen) atoms. The molecule has 1 heterocycles. The minimum Gasteiger partial charge on any atom is -0.469 e. The number of esters is 1. The first-order valence-electron chi connectivity index (χ1n) is 6.42. The van der Waals surface area contributed by atoms with Crippen molar-refractivity contribution in [1.29, 1.82) is 0 Å². The number of rotatable bonds is 2. The monoisotopic (exact) mass is 273 g/mol. The molecule has 1 aromatic carbocycles. The van der Waals surface area contributed by atoms with Crippen LogP contribution in [0.5, 0.6) is 0 Å². The van der Waals surface area contributed by atoms with Gasteiger partial charge in [0.15, 0.2) is 0 Å². The Morgan fingerprint density at radius 1 is 1.37 bits per heavy atom. The summed E-state index contributed by atoms with van der Waals surface area (Å²) in [7, 11) is 1.45. The average molecular weight is 273 g/mol. The molecule has 4 heteroatoms. The van der Waals surface area contributed by atoms with Gasteiger partial charge in [-0.15, -0.1) is 11.3 Å². The lowest BCUT2D eigenvalue weighted by Crippen LogP contribution is -2.18. The van der Waals surface area contributed by atoms with Crippen molar-refractivity contribution < 1.29 is 9.53 Å². The van der Waals surface area contributed by atoms with Gasteiger partial charge in [-0.1, -0.05) is 30.3 Å². The van der Waals surface area contributed by atoms with Gasteiger partial charge in [-0.05, 0) is 19.3 Å². The van der Waals surface area contributed by atoms with Crippen molar-refractivity contribution in [2.24, 2.45) is 0 Å². The summed E-state index contributed by atoms with van der Waals surface area (Å²) in [4.78, 5) is 17.6. The van der Waals surface area contributed by atoms with Crippen LogP contribution in [0, 0.1) is 0 Å². The Hall–Kier alpha value is -1.68. The molecule has 3 rings (SSSR count). The summed E-state index contributed by atoms with van der Waals surface area (Å²) in [6, 6.07) is 10.1. The van der Waals surface area contributed by atoms with Crippen molar-refractivity contribution in [3.63, 3.8) is 0 Å². The van der Waals surface area contributed by atoms with Crippen LogP contribution >= 0.6 is 11.3 Å². The van der Waals surface area contributed by atoms with Crippen molar-refractivity contribution in [2.45, 2.75) is 25.2 Å². The van der Waals surface area contributed by atoms with E-state index in [0.717, 1.165) is 40.4 Å². The molecule has 1 aliphatic carbocycles. The molecule has 0 saturated carbocycles. The van der Waals surface area contributed by atoms with Crippen molar-refractivity contribution in [3.8, 4) is 10.6 Å². The van der Waals surface area contributed by atoms with Gasteiger partial charge in [-0.2, -0.15) is 0 Å². The molecule has 2 aromatic rings. The lowest BCUT2D eigenvalue weighted by atomic mass is 9.92. The van der Waals surface area contributed by atoms with E-state index in [9.17, 15) is 4.79 Å². The zero-order chi connectivity index (χ0) is 13.2. The molecular weight excluding hydrogens is 258 g/mol. The van der Waals surface area contributed by atoms with Crippen LogP contribution in [0.4, 0.5) is 0 Å². The molecule has 3 nitrogen and oxygen atoms in total. The maximum Gasteiger partial charge on any atom is 0.314 e. The summed E-state index contributed by atoms with van der Waals surface area (Å²) in [5, 5.41) is 1.00. The van der Waals surface area contributed by atoms with Crippen LogP contribution in [0.2, 0.25) is 0 Å². The topological polar surface area (TPSA) is 39.2 Å². The number of ether oxygens (including phenoxy) is 1. The minimum absolute atomic E-state index is 0.122. The Morgan fingerprint density at radius 2 is 2.16 bits per heavy atom. The molecule has 1 atom stereocenters. The number of methoxy groups -OCH3 is 1. The lowest BCUT2D eigenvalue weighted by molar-refractivity contribution is -0.142. The molecule has 0 fully saturated rings. The van der Waals surface area contributed by atoms with Crippen LogP contribution in [0.3, 0.4) is 0 Å². The van der Waals surface area contributed by atoms with Gasteiger partial charge < -0.3 is 4.74 Å². The Kier molecular flexibility index (Phi) is 3.34. The highest BCUT2D eigenvalue weighted by molar-refractivity contribution is 7.15. The number of carbonyl (C=O) groups is 1. The smallest absolute Gasteiger partial charge is 0.314 e. The molecule has 0 aliphatic heterocycles. The summed E-state index contributed by atoms with van der Waals surface area (Å²) in [5.74, 6) is -0.257. The molecular formula is C15H15NO2S. The van der Waals surface area contributed by atoms with E-state index < -0.39 is 0 Å². The van der Waals surface area contributed by atoms with E-state index in [-0.39, 0.29) is 11.9 Å². The first-order chi connectivity index (χ1) is 9.29. The zero-order valence-corrected chi connectivity index (χ0v) is 11.6. The fourth-order valence-corrected chi connectivity index (χ4v) is 3.73. The van der Waals surface area contributed by atoms with Crippen LogP contribution in [0.1, 0.15) is 29.3 Å². The zero-order valence-electron chi connectivity index (χ0n) is 10.8. The van der Waals surface area contributed by atoms with Crippen LogP contribution in [0.15, 0.2) is 30.3 Å². The number of hydrogen-bond acceptors (Lipinski definition) is 4. The van der Waals surface area contributed by atoms with Gasteiger partial charge in [0.2, 0.25) is 0 Å². The van der Waals surface area contributed by atoms with E-state index in [4.69, 9.17) is 9.72 Å². The van der Waals surface area contributed by atoms with Gasteiger partial charge in [0.1, 0.15) is 5.01 Å². The van der Waals surface area contributed by atoms with E-state index in [1.807, 2.05) is 18.2 Å². The van der Waals surface area contributed by atoms with E-state index in [0.29, 0.717) is 0 Å². The van der Waals surface area contributed by atoms with Gasteiger partial charge in [0.05, 0.1) is 18.7 Å². The first kappa shape index (κ1) is 12.4. The van der Waals surface area contributed by atoms with Crippen LogP contribution in [-0.2, 0) is 16.0 Å². The number of carbonyl (C=O) groups excluding carboxylic acids is 1. The normalized spacial score (nSPS) is 17.8. The number of benzene rings is 1. The van der Waals surface area contributed by atoms with Gasteiger partial charge in [-0.3, -0.25) is 4.79 Å². The van der Waals surface area contributed by atoms with Crippen molar-refractivity contribution >= 4 is 17.3 Å². The Bertz CT molecular complexity index is 591. The number of fused-ring (bicyclic) bond motifs is 1. The number of thiazole rings is 1. The Morgan fingerprint density at radius 3 is 2.89 bits per heavy atom. The predicted molar refractivity (Wildman–Crippen MR) is 75.2 cm³/mol. The molecule has 0 amide bonds. The standard InChI is InChI=1S/C15H15NO2S/c1-18-15(17)11-8-5-9-12-13(11)19-14(16-12)10-6-3-2-4-7-10/h2-4,6-7,11H,5,8-9H2,1H3. The fraction of sp³-hybridized carbons (Fsp3) is 0.333. The summed E-state index contributed by atoms with van der Waals surface area (Å²) in [6.45, 7) is 0. The molecule has 0 N–H and O–H groups in total.